The summed E-state index contributed by atoms with van der Waals surface area (Å²) in [5, 5.41) is 9.01. The van der Waals surface area contributed by atoms with Crippen LogP contribution in [0.15, 0.2) is 36.2 Å². The highest BCUT2D eigenvalue weighted by molar-refractivity contribution is 7.15. The van der Waals surface area contributed by atoms with Crippen molar-refractivity contribution in [1.82, 2.24) is 0 Å². The summed E-state index contributed by atoms with van der Waals surface area (Å²) in [7, 11) is 0. The fraction of sp³-hybridized carbons (Fsp3) is 0.294. The highest BCUT2D eigenvalue weighted by Crippen LogP contribution is 2.63. The first-order valence-electron chi connectivity index (χ1n) is 7.30. The molecule has 0 spiro atoms. The first-order valence-corrected chi connectivity index (χ1v) is 8.12. The van der Waals surface area contributed by atoms with Crippen molar-refractivity contribution in [2.45, 2.75) is 31.3 Å². The van der Waals surface area contributed by atoms with Gasteiger partial charge in [0.25, 0.3) is 0 Å². The summed E-state index contributed by atoms with van der Waals surface area (Å²) < 4.78 is 95.5. The smallest absolute Gasteiger partial charge is 0.383 e. The molecular weight excluding hydrogens is 385 g/mol. The Labute approximate surface area is 147 Å². The molecule has 1 heterocycles. The van der Waals surface area contributed by atoms with E-state index in [1.807, 2.05) is 0 Å². The SMILES string of the molecule is Cc1sc(-c2ccc(CO)cc2)cc1C1=C(F)C(F)(F)C(F)(F)C1(F)F. The van der Waals surface area contributed by atoms with Gasteiger partial charge in [-0.25, -0.2) is 4.39 Å². The zero-order valence-corrected chi connectivity index (χ0v) is 13.9. The second-order valence-corrected chi connectivity index (χ2v) is 7.10. The number of thiophene rings is 1. The lowest BCUT2D eigenvalue weighted by Gasteiger charge is -2.24. The molecule has 2 aromatic rings. The molecule has 0 saturated heterocycles. The first kappa shape index (κ1) is 18.9. The van der Waals surface area contributed by atoms with Gasteiger partial charge in [0.05, 0.1) is 12.2 Å². The number of hydrogen-bond donors (Lipinski definition) is 1. The van der Waals surface area contributed by atoms with E-state index in [4.69, 9.17) is 5.11 Å². The Morgan fingerprint density at radius 1 is 0.962 bits per heavy atom. The van der Waals surface area contributed by atoms with Crippen LogP contribution >= 0.6 is 11.3 Å². The summed E-state index contributed by atoms with van der Waals surface area (Å²) in [6, 6.07) is 7.18. The van der Waals surface area contributed by atoms with Crippen LogP contribution in [-0.2, 0) is 6.61 Å². The Hall–Kier alpha value is -1.87. The van der Waals surface area contributed by atoms with E-state index in [0.717, 1.165) is 17.4 Å². The minimum absolute atomic E-state index is 0.00422. The third kappa shape index (κ3) is 2.40. The van der Waals surface area contributed by atoms with E-state index >= 15 is 0 Å². The molecule has 0 aliphatic heterocycles. The number of alkyl halides is 6. The third-order valence-corrected chi connectivity index (χ3v) is 5.31. The molecule has 26 heavy (non-hydrogen) atoms. The zero-order chi connectivity index (χ0) is 19.5. The number of hydrogen-bond acceptors (Lipinski definition) is 2. The minimum Gasteiger partial charge on any atom is -0.392 e. The van der Waals surface area contributed by atoms with Crippen LogP contribution in [-0.4, -0.2) is 22.9 Å². The lowest BCUT2D eigenvalue weighted by atomic mass is 10.0. The minimum atomic E-state index is -5.85. The van der Waals surface area contributed by atoms with Gasteiger partial charge in [-0.15, -0.1) is 11.3 Å². The van der Waals surface area contributed by atoms with Gasteiger partial charge < -0.3 is 5.11 Å². The molecule has 0 radical (unpaired) electrons. The average Bonchev–Trinajstić information content (AvgIpc) is 2.99. The molecule has 0 unspecified atom stereocenters. The molecule has 0 atom stereocenters. The van der Waals surface area contributed by atoms with Crippen molar-refractivity contribution in [2.75, 3.05) is 0 Å². The first-order chi connectivity index (χ1) is 11.9. The summed E-state index contributed by atoms with van der Waals surface area (Å²) >= 11 is 0.884. The van der Waals surface area contributed by atoms with Crippen molar-refractivity contribution < 1.29 is 35.8 Å². The molecule has 1 aliphatic carbocycles. The van der Waals surface area contributed by atoms with Gasteiger partial charge in [-0.3, -0.25) is 0 Å². The Bertz CT molecular complexity index is 881. The van der Waals surface area contributed by atoms with Gasteiger partial charge in [0.1, 0.15) is 0 Å². The van der Waals surface area contributed by atoms with Gasteiger partial charge in [-0.2, -0.15) is 26.3 Å². The molecule has 9 heteroatoms. The van der Waals surface area contributed by atoms with Crippen LogP contribution in [0.3, 0.4) is 0 Å². The van der Waals surface area contributed by atoms with Gasteiger partial charge >= 0.3 is 17.8 Å². The van der Waals surface area contributed by atoms with Gasteiger partial charge in [0.15, 0.2) is 5.83 Å². The monoisotopic (exact) mass is 396 g/mol. The predicted molar refractivity (Wildman–Crippen MR) is 83.3 cm³/mol. The molecule has 0 fully saturated rings. The molecule has 1 aromatic heterocycles. The Kier molecular flexibility index (Phi) is 4.23. The molecule has 140 valence electrons. The van der Waals surface area contributed by atoms with Gasteiger partial charge in [0.2, 0.25) is 0 Å². The summed E-state index contributed by atoms with van der Waals surface area (Å²) in [4.78, 5) is 0.321. The van der Waals surface area contributed by atoms with E-state index in [-0.39, 0.29) is 11.5 Å². The van der Waals surface area contributed by atoms with Crippen LogP contribution in [0.1, 0.15) is 16.0 Å². The van der Waals surface area contributed by atoms with Crippen molar-refractivity contribution in [3.63, 3.8) is 0 Å². The number of aliphatic hydroxyl groups excluding tert-OH is 1. The molecular formula is C17H11F7OS. The number of aryl methyl sites for hydroxylation is 1. The van der Waals surface area contributed by atoms with Crippen LogP contribution in [0, 0.1) is 6.92 Å². The maximum Gasteiger partial charge on any atom is 0.383 e. The Morgan fingerprint density at radius 2 is 1.54 bits per heavy atom. The quantitative estimate of drug-likeness (QED) is 0.649. The normalized spacial score (nSPS) is 20.7. The Morgan fingerprint density at radius 3 is 2.00 bits per heavy atom. The van der Waals surface area contributed by atoms with Gasteiger partial charge in [-0.1, -0.05) is 24.3 Å². The largest absolute Gasteiger partial charge is 0.392 e. The molecule has 3 rings (SSSR count). The van der Waals surface area contributed by atoms with E-state index in [1.165, 1.54) is 6.92 Å². The van der Waals surface area contributed by atoms with Crippen molar-refractivity contribution in [2.24, 2.45) is 0 Å². The number of benzene rings is 1. The molecule has 0 saturated carbocycles. The molecule has 0 bridgehead atoms. The maximum atomic E-state index is 14.0. The number of allylic oxidation sites excluding steroid dienone is 2. The highest BCUT2D eigenvalue weighted by Gasteiger charge is 2.81. The number of rotatable bonds is 3. The predicted octanol–water partition coefficient (Wildman–Crippen LogP) is 5.82. The molecule has 1 nitrogen and oxygen atoms in total. The second kappa shape index (κ2) is 5.82. The standard InChI is InChI=1S/C17H11F7OS/c1-8-11(6-12(26-8)10-4-2-9(7-25)3-5-10)13-14(18)16(21,22)17(23,24)15(13,19)20/h2-6,25H,7H2,1H3. The van der Waals surface area contributed by atoms with Crippen LogP contribution < -0.4 is 0 Å². The molecule has 1 aromatic carbocycles. The van der Waals surface area contributed by atoms with Crippen LogP contribution in [0.4, 0.5) is 30.7 Å². The maximum absolute atomic E-state index is 14.0. The summed E-state index contributed by atoms with van der Waals surface area (Å²) in [5.41, 5.74) is -1.57. The van der Waals surface area contributed by atoms with Crippen molar-refractivity contribution >= 4 is 16.9 Å². The van der Waals surface area contributed by atoms with E-state index in [0.29, 0.717) is 16.0 Å². The summed E-state index contributed by atoms with van der Waals surface area (Å²) in [6.45, 7) is 1.04. The summed E-state index contributed by atoms with van der Waals surface area (Å²) in [5.74, 6) is -19.6. The second-order valence-electron chi connectivity index (χ2n) is 5.85. The average molecular weight is 396 g/mol. The lowest BCUT2D eigenvalue weighted by molar-refractivity contribution is -0.263. The van der Waals surface area contributed by atoms with E-state index < -0.39 is 34.7 Å². The van der Waals surface area contributed by atoms with Crippen LogP contribution in [0.5, 0.6) is 0 Å². The number of aliphatic hydroxyl groups is 1. The number of halogens is 7. The van der Waals surface area contributed by atoms with E-state index in [1.54, 1.807) is 24.3 Å². The van der Waals surface area contributed by atoms with E-state index in [2.05, 4.69) is 0 Å². The van der Waals surface area contributed by atoms with Crippen molar-refractivity contribution in [3.05, 3.63) is 52.2 Å². The lowest BCUT2D eigenvalue weighted by Crippen LogP contribution is -2.48. The fourth-order valence-corrected chi connectivity index (χ4v) is 3.75. The van der Waals surface area contributed by atoms with Gasteiger partial charge in [0, 0.05) is 15.3 Å². The fourth-order valence-electron chi connectivity index (χ4n) is 2.72. The summed E-state index contributed by atoms with van der Waals surface area (Å²) in [6.07, 6.45) is 0. The van der Waals surface area contributed by atoms with E-state index in [9.17, 15) is 30.7 Å². The van der Waals surface area contributed by atoms with Crippen LogP contribution in [0.25, 0.3) is 16.0 Å². The van der Waals surface area contributed by atoms with Crippen molar-refractivity contribution in [3.8, 4) is 10.4 Å². The topological polar surface area (TPSA) is 20.2 Å². The Balaban J connectivity index is 2.13. The molecule has 1 aliphatic rings. The molecule has 1 N–H and O–H groups in total. The zero-order valence-electron chi connectivity index (χ0n) is 13.1. The molecule has 0 amide bonds. The highest BCUT2D eigenvalue weighted by atomic mass is 32.1. The van der Waals surface area contributed by atoms with Crippen molar-refractivity contribution in [1.29, 1.82) is 0 Å². The van der Waals surface area contributed by atoms with Gasteiger partial charge in [-0.05, 0) is 24.1 Å². The van der Waals surface area contributed by atoms with Crippen LogP contribution in [0.2, 0.25) is 0 Å². The third-order valence-electron chi connectivity index (χ3n) is 4.21.